The maximum Gasteiger partial charge on any atom is 0.401 e. The zero-order valence-electron chi connectivity index (χ0n) is 8.76. The van der Waals surface area contributed by atoms with Crippen molar-refractivity contribution in [1.82, 2.24) is 5.32 Å². The molecule has 0 aromatic heterocycles. The van der Waals surface area contributed by atoms with Gasteiger partial charge in [-0.3, -0.25) is 10.1 Å². The topological polar surface area (TPSA) is 49.3 Å². The molecule has 0 fully saturated rings. The van der Waals surface area contributed by atoms with Crippen LogP contribution in [0.5, 0.6) is 0 Å². The maximum atomic E-state index is 12.8. The van der Waals surface area contributed by atoms with Gasteiger partial charge in [-0.1, -0.05) is 22.0 Å². The molecule has 0 spiro atoms. The molecule has 1 atom stereocenters. The summed E-state index contributed by atoms with van der Waals surface area (Å²) in [6, 6.07) is 1.51. The number of aliphatic carboxylic acids is 1. The Morgan fingerprint density at radius 1 is 1.44 bits per heavy atom. The van der Waals surface area contributed by atoms with E-state index >= 15 is 0 Å². The van der Waals surface area contributed by atoms with Crippen LogP contribution >= 0.6 is 15.9 Å². The molecule has 3 nitrogen and oxygen atoms in total. The Hall–Kier alpha value is -1.15. The standard InChI is InChI=1S/C10H8BrF4NO2/c11-7-3-5(12)1-2-6(7)8(9(17)18)16-4-10(13,14)15/h1-3,8,16H,4H2,(H,17,18). The Labute approximate surface area is 108 Å². The number of carbonyl (C=O) groups is 1. The lowest BCUT2D eigenvalue weighted by molar-refractivity contribution is -0.143. The second-order valence-corrected chi connectivity index (χ2v) is 4.29. The average molecular weight is 330 g/mol. The molecular formula is C10H8BrF4NO2. The molecule has 0 aliphatic carbocycles. The quantitative estimate of drug-likeness (QED) is 0.835. The predicted molar refractivity (Wildman–Crippen MR) is 58.5 cm³/mol. The molecule has 0 saturated heterocycles. The Morgan fingerprint density at radius 2 is 2.06 bits per heavy atom. The first-order valence-electron chi connectivity index (χ1n) is 4.68. The molecular weight excluding hydrogens is 322 g/mol. The first kappa shape index (κ1) is 14.9. The molecule has 100 valence electrons. The van der Waals surface area contributed by atoms with E-state index in [0.717, 1.165) is 18.2 Å². The molecule has 0 aliphatic heterocycles. The van der Waals surface area contributed by atoms with Crippen molar-refractivity contribution in [3.63, 3.8) is 0 Å². The van der Waals surface area contributed by atoms with E-state index in [2.05, 4.69) is 15.9 Å². The minimum Gasteiger partial charge on any atom is -0.480 e. The summed E-state index contributed by atoms with van der Waals surface area (Å²) in [7, 11) is 0. The molecule has 0 bridgehead atoms. The highest BCUT2D eigenvalue weighted by molar-refractivity contribution is 9.10. The Bertz CT molecular complexity index is 450. The molecule has 0 radical (unpaired) electrons. The fourth-order valence-corrected chi connectivity index (χ4v) is 1.86. The maximum absolute atomic E-state index is 12.8. The third kappa shape index (κ3) is 4.26. The van der Waals surface area contributed by atoms with Gasteiger partial charge in [0, 0.05) is 4.47 Å². The van der Waals surface area contributed by atoms with Crippen molar-refractivity contribution in [3.8, 4) is 0 Å². The van der Waals surface area contributed by atoms with Crippen LogP contribution in [-0.4, -0.2) is 23.8 Å². The van der Waals surface area contributed by atoms with Gasteiger partial charge in [0.25, 0.3) is 0 Å². The zero-order chi connectivity index (χ0) is 13.9. The van der Waals surface area contributed by atoms with Crippen LogP contribution in [0.25, 0.3) is 0 Å². The van der Waals surface area contributed by atoms with E-state index < -0.39 is 30.5 Å². The second kappa shape index (κ2) is 5.66. The minimum atomic E-state index is -4.53. The average Bonchev–Trinajstić information content (AvgIpc) is 2.18. The van der Waals surface area contributed by atoms with E-state index in [4.69, 9.17) is 5.11 Å². The van der Waals surface area contributed by atoms with E-state index in [1.165, 1.54) is 0 Å². The van der Waals surface area contributed by atoms with Gasteiger partial charge in [0.05, 0.1) is 6.54 Å². The van der Waals surface area contributed by atoms with Gasteiger partial charge in [-0.25, -0.2) is 4.39 Å². The van der Waals surface area contributed by atoms with Gasteiger partial charge in [0.1, 0.15) is 11.9 Å². The second-order valence-electron chi connectivity index (χ2n) is 3.43. The van der Waals surface area contributed by atoms with Crippen LogP contribution in [-0.2, 0) is 4.79 Å². The van der Waals surface area contributed by atoms with E-state index in [1.54, 1.807) is 0 Å². The van der Waals surface area contributed by atoms with Crippen molar-refractivity contribution >= 4 is 21.9 Å². The lowest BCUT2D eigenvalue weighted by Crippen LogP contribution is -2.36. The number of carboxylic acids is 1. The van der Waals surface area contributed by atoms with Crippen molar-refractivity contribution < 1.29 is 27.5 Å². The highest BCUT2D eigenvalue weighted by atomic mass is 79.9. The van der Waals surface area contributed by atoms with E-state index in [-0.39, 0.29) is 10.0 Å². The minimum absolute atomic E-state index is 0.0214. The fourth-order valence-electron chi connectivity index (χ4n) is 1.28. The fraction of sp³-hybridized carbons (Fsp3) is 0.300. The molecule has 1 aromatic carbocycles. The van der Waals surface area contributed by atoms with Crippen molar-refractivity contribution in [3.05, 3.63) is 34.1 Å². The Kier molecular flexibility index (Phi) is 4.69. The summed E-state index contributed by atoms with van der Waals surface area (Å²) in [5.74, 6) is -2.10. The third-order valence-electron chi connectivity index (χ3n) is 2.03. The van der Waals surface area contributed by atoms with Gasteiger partial charge >= 0.3 is 12.1 Å². The normalized spacial score (nSPS) is 13.4. The number of hydrogen-bond donors (Lipinski definition) is 2. The van der Waals surface area contributed by atoms with Gasteiger partial charge in [-0.2, -0.15) is 13.2 Å². The zero-order valence-corrected chi connectivity index (χ0v) is 10.3. The highest BCUT2D eigenvalue weighted by Crippen LogP contribution is 2.25. The van der Waals surface area contributed by atoms with Gasteiger partial charge in [0.15, 0.2) is 0 Å². The molecule has 0 amide bonds. The summed E-state index contributed by atoms with van der Waals surface area (Å²) in [5, 5.41) is 10.7. The molecule has 2 N–H and O–H groups in total. The lowest BCUT2D eigenvalue weighted by Gasteiger charge is -2.17. The highest BCUT2D eigenvalue weighted by Gasteiger charge is 2.31. The summed E-state index contributed by atoms with van der Waals surface area (Å²) in [4.78, 5) is 10.9. The van der Waals surface area contributed by atoms with Crippen LogP contribution in [0.1, 0.15) is 11.6 Å². The molecule has 1 unspecified atom stereocenters. The summed E-state index contributed by atoms with van der Waals surface area (Å²) in [6.45, 7) is -1.45. The number of nitrogens with one attached hydrogen (secondary N) is 1. The Balaban J connectivity index is 2.95. The summed E-state index contributed by atoms with van der Waals surface area (Å²) < 4.78 is 49.0. The van der Waals surface area contributed by atoms with Crippen molar-refractivity contribution in [2.75, 3.05) is 6.54 Å². The van der Waals surface area contributed by atoms with Crippen LogP contribution in [0.15, 0.2) is 22.7 Å². The number of alkyl halides is 3. The number of rotatable bonds is 4. The van der Waals surface area contributed by atoms with E-state index in [0.29, 0.717) is 0 Å². The van der Waals surface area contributed by atoms with Crippen LogP contribution in [0.3, 0.4) is 0 Å². The molecule has 0 aliphatic rings. The molecule has 0 heterocycles. The van der Waals surface area contributed by atoms with Crippen molar-refractivity contribution in [2.45, 2.75) is 12.2 Å². The molecule has 1 aromatic rings. The van der Waals surface area contributed by atoms with Crippen LogP contribution < -0.4 is 5.32 Å². The SMILES string of the molecule is O=C(O)C(NCC(F)(F)F)c1ccc(F)cc1Br. The van der Waals surface area contributed by atoms with Gasteiger partial charge in [-0.05, 0) is 17.7 Å². The molecule has 18 heavy (non-hydrogen) atoms. The first-order valence-corrected chi connectivity index (χ1v) is 5.48. The number of benzene rings is 1. The summed E-state index contributed by atoms with van der Waals surface area (Å²) in [6.07, 6.45) is -4.53. The largest absolute Gasteiger partial charge is 0.480 e. The van der Waals surface area contributed by atoms with E-state index in [9.17, 15) is 22.4 Å². The van der Waals surface area contributed by atoms with Gasteiger partial charge in [0.2, 0.25) is 0 Å². The predicted octanol–water partition coefficient (Wildman–Crippen LogP) is 2.87. The van der Waals surface area contributed by atoms with E-state index in [1.807, 2.05) is 5.32 Å². The Morgan fingerprint density at radius 3 is 2.50 bits per heavy atom. The number of hydrogen-bond acceptors (Lipinski definition) is 2. The van der Waals surface area contributed by atoms with Gasteiger partial charge in [-0.15, -0.1) is 0 Å². The lowest BCUT2D eigenvalue weighted by atomic mass is 10.1. The van der Waals surface area contributed by atoms with Crippen LogP contribution in [0.2, 0.25) is 0 Å². The van der Waals surface area contributed by atoms with Crippen LogP contribution in [0, 0.1) is 5.82 Å². The number of carboxylic acid groups (broad SMARTS) is 1. The molecule has 8 heteroatoms. The molecule has 0 saturated carbocycles. The molecule has 1 rings (SSSR count). The summed E-state index contributed by atoms with van der Waals surface area (Å²) >= 11 is 2.91. The third-order valence-corrected chi connectivity index (χ3v) is 2.71. The van der Waals surface area contributed by atoms with Crippen molar-refractivity contribution in [1.29, 1.82) is 0 Å². The number of halogens is 5. The van der Waals surface area contributed by atoms with Crippen molar-refractivity contribution in [2.24, 2.45) is 0 Å². The summed E-state index contributed by atoms with van der Waals surface area (Å²) in [5.41, 5.74) is 0.0214. The smallest absolute Gasteiger partial charge is 0.401 e. The first-order chi connectivity index (χ1) is 8.20. The van der Waals surface area contributed by atoms with Crippen LogP contribution in [0.4, 0.5) is 17.6 Å². The van der Waals surface area contributed by atoms with Gasteiger partial charge < -0.3 is 5.11 Å². The monoisotopic (exact) mass is 329 g/mol.